The maximum atomic E-state index is 12.9. The van der Waals surface area contributed by atoms with Crippen LogP contribution in [0.1, 0.15) is 48.9 Å². The van der Waals surface area contributed by atoms with Crippen LogP contribution in [0.25, 0.3) is 22.2 Å². The lowest BCUT2D eigenvalue weighted by atomic mass is 10.0. The molecule has 2 aromatic carbocycles. The van der Waals surface area contributed by atoms with Crippen molar-refractivity contribution in [2.75, 3.05) is 6.61 Å². The van der Waals surface area contributed by atoms with E-state index in [0.717, 1.165) is 31.2 Å². The van der Waals surface area contributed by atoms with E-state index in [1.807, 2.05) is 42.5 Å². The van der Waals surface area contributed by atoms with Crippen LogP contribution in [0.5, 0.6) is 0 Å². The number of carbonyl (C=O) groups excluding carboxylic acids is 2. The van der Waals surface area contributed by atoms with Crippen LogP contribution < -0.4 is 5.32 Å². The van der Waals surface area contributed by atoms with Crippen molar-refractivity contribution in [2.45, 2.75) is 44.6 Å². The van der Waals surface area contributed by atoms with Gasteiger partial charge in [-0.3, -0.25) is 4.79 Å². The molecule has 1 fully saturated rings. The number of esters is 1. The average Bonchev–Trinajstić information content (AvgIpc) is 3.05. The fourth-order valence-corrected chi connectivity index (χ4v) is 4.29. The molecule has 1 N–H and O–H groups in total. The molecule has 0 bridgehead atoms. The molecule has 160 valence electrons. The number of amides is 1. The number of aromatic nitrogens is 1. The number of halogens is 1. The van der Waals surface area contributed by atoms with Crippen LogP contribution >= 0.6 is 11.6 Å². The van der Waals surface area contributed by atoms with E-state index in [2.05, 4.69) is 10.3 Å². The smallest absolute Gasteiger partial charge is 0.339 e. The maximum Gasteiger partial charge on any atom is 0.339 e. The van der Waals surface area contributed by atoms with Gasteiger partial charge in [-0.2, -0.15) is 0 Å². The zero-order valence-electron chi connectivity index (χ0n) is 17.3. The van der Waals surface area contributed by atoms with Gasteiger partial charge in [0.15, 0.2) is 6.61 Å². The molecule has 4 rings (SSSR count). The number of fused-ring (bicyclic) bond motifs is 1. The van der Waals surface area contributed by atoms with Crippen LogP contribution in [0.15, 0.2) is 54.6 Å². The SMILES string of the molecule is O=C(COC(=O)c1cc(-c2ccccc2Cl)nc2ccccc12)NC1CCCCCC1. The summed E-state index contributed by atoms with van der Waals surface area (Å²) >= 11 is 6.34. The lowest BCUT2D eigenvalue weighted by molar-refractivity contribution is -0.125. The Morgan fingerprint density at radius 3 is 2.48 bits per heavy atom. The molecule has 0 unspecified atom stereocenters. The quantitative estimate of drug-likeness (QED) is 0.420. The summed E-state index contributed by atoms with van der Waals surface area (Å²) < 4.78 is 5.38. The number of para-hydroxylation sites is 1. The van der Waals surface area contributed by atoms with Crippen molar-refractivity contribution in [3.63, 3.8) is 0 Å². The summed E-state index contributed by atoms with van der Waals surface area (Å²) in [6, 6.07) is 16.6. The number of ether oxygens (including phenoxy) is 1. The first-order chi connectivity index (χ1) is 15.1. The summed E-state index contributed by atoms with van der Waals surface area (Å²) in [5.74, 6) is -0.812. The van der Waals surface area contributed by atoms with Crippen molar-refractivity contribution in [3.8, 4) is 11.3 Å². The summed E-state index contributed by atoms with van der Waals surface area (Å²) in [6.07, 6.45) is 6.64. The van der Waals surface area contributed by atoms with Crippen molar-refractivity contribution in [2.24, 2.45) is 0 Å². The van der Waals surface area contributed by atoms with Crippen LogP contribution in [0.3, 0.4) is 0 Å². The predicted octanol–water partition coefficient (Wildman–Crippen LogP) is 5.55. The third kappa shape index (κ3) is 5.23. The van der Waals surface area contributed by atoms with E-state index in [1.54, 1.807) is 12.1 Å². The molecule has 31 heavy (non-hydrogen) atoms. The van der Waals surface area contributed by atoms with Crippen molar-refractivity contribution in [3.05, 3.63) is 65.2 Å². The lowest BCUT2D eigenvalue weighted by Gasteiger charge is -2.16. The zero-order chi connectivity index (χ0) is 21.6. The molecule has 6 heteroatoms. The van der Waals surface area contributed by atoms with E-state index >= 15 is 0 Å². The molecule has 3 aromatic rings. The van der Waals surface area contributed by atoms with Gasteiger partial charge in [0.05, 0.1) is 16.8 Å². The van der Waals surface area contributed by atoms with Crippen LogP contribution in [0.2, 0.25) is 5.02 Å². The summed E-state index contributed by atoms with van der Waals surface area (Å²) in [4.78, 5) is 29.9. The summed E-state index contributed by atoms with van der Waals surface area (Å²) in [6.45, 7) is -0.298. The summed E-state index contributed by atoms with van der Waals surface area (Å²) in [5, 5.41) is 4.22. The second-order valence-corrected chi connectivity index (χ2v) is 8.29. The van der Waals surface area contributed by atoms with Gasteiger partial charge in [0.25, 0.3) is 5.91 Å². The largest absolute Gasteiger partial charge is 0.452 e. The van der Waals surface area contributed by atoms with Crippen LogP contribution in [-0.4, -0.2) is 29.5 Å². The molecular weight excluding hydrogens is 412 g/mol. The van der Waals surface area contributed by atoms with Gasteiger partial charge in [-0.15, -0.1) is 0 Å². The van der Waals surface area contributed by atoms with Gasteiger partial charge in [-0.25, -0.2) is 9.78 Å². The minimum absolute atomic E-state index is 0.169. The van der Waals surface area contributed by atoms with Gasteiger partial charge in [0.2, 0.25) is 0 Å². The fourth-order valence-electron chi connectivity index (χ4n) is 4.05. The first kappa shape index (κ1) is 21.3. The first-order valence-corrected chi connectivity index (χ1v) is 11.1. The van der Waals surface area contributed by atoms with Crippen LogP contribution in [0.4, 0.5) is 0 Å². The second kappa shape index (κ2) is 9.92. The van der Waals surface area contributed by atoms with Gasteiger partial charge < -0.3 is 10.1 Å². The van der Waals surface area contributed by atoms with Gasteiger partial charge in [-0.1, -0.05) is 73.7 Å². The van der Waals surface area contributed by atoms with Gasteiger partial charge in [-0.05, 0) is 31.0 Å². The summed E-state index contributed by atoms with van der Waals surface area (Å²) in [5.41, 5.74) is 2.34. The normalized spacial score (nSPS) is 14.7. The molecule has 0 saturated heterocycles. The number of nitrogens with one attached hydrogen (secondary N) is 1. The highest BCUT2D eigenvalue weighted by molar-refractivity contribution is 6.33. The van der Waals surface area contributed by atoms with Crippen molar-refractivity contribution < 1.29 is 14.3 Å². The Morgan fingerprint density at radius 1 is 1.00 bits per heavy atom. The van der Waals surface area contributed by atoms with Crippen LogP contribution in [0, 0.1) is 0 Å². The highest BCUT2D eigenvalue weighted by Crippen LogP contribution is 2.30. The Bertz CT molecular complexity index is 1090. The van der Waals surface area contributed by atoms with E-state index in [0.29, 0.717) is 27.2 Å². The molecule has 0 spiro atoms. The van der Waals surface area contributed by atoms with Crippen molar-refractivity contribution in [1.29, 1.82) is 0 Å². The van der Waals surface area contributed by atoms with Gasteiger partial charge >= 0.3 is 5.97 Å². The van der Waals surface area contributed by atoms with Crippen LogP contribution in [-0.2, 0) is 9.53 Å². The van der Waals surface area contributed by atoms with E-state index < -0.39 is 5.97 Å². The van der Waals surface area contributed by atoms with Gasteiger partial charge in [0, 0.05) is 22.0 Å². The highest BCUT2D eigenvalue weighted by atomic mass is 35.5. The number of nitrogens with zero attached hydrogens (tertiary/aromatic N) is 1. The number of hydrogen-bond acceptors (Lipinski definition) is 4. The Balaban J connectivity index is 1.53. The molecule has 1 heterocycles. The molecule has 0 aliphatic heterocycles. The van der Waals surface area contributed by atoms with E-state index in [1.165, 1.54) is 12.8 Å². The lowest BCUT2D eigenvalue weighted by Crippen LogP contribution is -2.37. The second-order valence-electron chi connectivity index (χ2n) is 7.88. The van der Waals surface area contributed by atoms with E-state index in [4.69, 9.17) is 16.3 Å². The molecular formula is C25H25ClN2O3. The highest BCUT2D eigenvalue weighted by Gasteiger charge is 2.19. The number of hydrogen-bond donors (Lipinski definition) is 1. The monoisotopic (exact) mass is 436 g/mol. The fraction of sp³-hybridized carbons (Fsp3) is 0.320. The first-order valence-electron chi connectivity index (χ1n) is 10.7. The minimum Gasteiger partial charge on any atom is -0.452 e. The Kier molecular flexibility index (Phi) is 6.82. The molecule has 1 aliphatic rings. The number of carbonyl (C=O) groups is 2. The minimum atomic E-state index is -0.553. The molecule has 1 aromatic heterocycles. The Morgan fingerprint density at radius 2 is 1.71 bits per heavy atom. The number of pyridine rings is 1. The predicted molar refractivity (Wildman–Crippen MR) is 122 cm³/mol. The van der Waals surface area contributed by atoms with Gasteiger partial charge in [0.1, 0.15) is 0 Å². The molecule has 1 aliphatic carbocycles. The number of benzene rings is 2. The van der Waals surface area contributed by atoms with E-state index in [-0.39, 0.29) is 18.6 Å². The Labute approximate surface area is 186 Å². The molecule has 0 atom stereocenters. The van der Waals surface area contributed by atoms with E-state index in [9.17, 15) is 9.59 Å². The standard InChI is InChI=1S/C25H25ClN2O3/c26-21-13-7-5-12-19(21)23-15-20(18-11-6-8-14-22(18)28-23)25(30)31-16-24(29)27-17-9-3-1-2-4-10-17/h5-8,11-15,17H,1-4,9-10,16H2,(H,27,29). The topological polar surface area (TPSA) is 68.3 Å². The maximum absolute atomic E-state index is 12.9. The average molecular weight is 437 g/mol. The Hall–Kier alpha value is -2.92. The third-order valence-corrected chi connectivity index (χ3v) is 5.97. The molecule has 5 nitrogen and oxygen atoms in total. The zero-order valence-corrected chi connectivity index (χ0v) is 18.0. The summed E-state index contributed by atoms with van der Waals surface area (Å²) in [7, 11) is 0. The molecule has 1 amide bonds. The number of rotatable bonds is 5. The molecule has 1 saturated carbocycles. The molecule has 0 radical (unpaired) electrons. The van der Waals surface area contributed by atoms with Crippen molar-refractivity contribution in [1.82, 2.24) is 10.3 Å². The third-order valence-electron chi connectivity index (χ3n) is 5.64. The van der Waals surface area contributed by atoms with Crippen molar-refractivity contribution >= 4 is 34.4 Å².